The summed E-state index contributed by atoms with van der Waals surface area (Å²) in [5, 5.41) is 3.37. The third kappa shape index (κ3) is 2.96. The Kier molecular flexibility index (Phi) is 3.80. The van der Waals surface area contributed by atoms with Crippen molar-refractivity contribution >= 4 is 5.91 Å². The molecule has 0 saturated carbocycles. The van der Waals surface area contributed by atoms with E-state index in [4.69, 9.17) is 0 Å². The maximum atomic E-state index is 12.4. The number of rotatable bonds is 2. The summed E-state index contributed by atoms with van der Waals surface area (Å²) in [7, 11) is 0. The van der Waals surface area contributed by atoms with Crippen molar-refractivity contribution in [3.8, 4) is 0 Å². The lowest BCUT2D eigenvalue weighted by atomic mass is 10.1. The lowest BCUT2D eigenvalue weighted by molar-refractivity contribution is -0.133. The minimum Gasteiger partial charge on any atom is -0.333 e. The molecule has 2 aliphatic heterocycles. The number of hydrogen-bond acceptors (Lipinski definition) is 3. The molecule has 0 radical (unpaired) electrons. The Labute approximate surface area is 114 Å². The summed E-state index contributed by atoms with van der Waals surface area (Å²) in [6.45, 7) is 6.19. The summed E-state index contributed by atoms with van der Waals surface area (Å²) >= 11 is 0. The smallest absolute Gasteiger partial charge is 0.237 e. The fraction of sp³-hybridized carbons (Fsp3) is 0.533. The standard InChI is InChI=1S/C15H21N3O/c19-15(12-17-8-3-6-16-7-9-17)18-10-13-4-1-2-5-14(13)11-18/h1-2,4-5,16H,3,6-12H2. The number of nitrogens with one attached hydrogen (secondary N) is 1. The van der Waals surface area contributed by atoms with E-state index in [2.05, 4.69) is 22.3 Å². The fourth-order valence-electron chi connectivity index (χ4n) is 2.86. The van der Waals surface area contributed by atoms with Gasteiger partial charge in [-0.25, -0.2) is 0 Å². The number of benzene rings is 1. The zero-order chi connectivity index (χ0) is 13.1. The molecule has 19 heavy (non-hydrogen) atoms. The molecule has 0 spiro atoms. The largest absolute Gasteiger partial charge is 0.333 e. The quantitative estimate of drug-likeness (QED) is 0.854. The summed E-state index contributed by atoms with van der Waals surface area (Å²) < 4.78 is 0. The van der Waals surface area contributed by atoms with Gasteiger partial charge in [0.15, 0.2) is 0 Å². The number of carbonyl (C=O) groups excluding carboxylic acids is 1. The first-order valence-electron chi connectivity index (χ1n) is 7.10. The molecule has 4 nitrogen and oxygen atoms in total. The van der Waals surface area contributed by atoms with E-state index in [1.54, 1.807) is 0 Å². The van der Waals surface area contributed by atoms with Crippen molar-refractivity contribution in [3.63, 3.8) is 0 Å². The van der Waals surface area contributed by atoms with E-state index in [9.17, 15) is 4.79 Å². The molecule has 0 unspecified atom stereocenters. The van der Waals surface area contributed by atoms with Crippen molar-refractivity contribution in [1.29, 1.82) is 0 Å². The second-order valence-corrected chi connectivity index (χ2v) is 5.40. The van der Waals surface area contributed by atoms with Crippen LogP contribution in [0.2, 0.25) is 0 Å². The first-order chi connectivity index (χ1) is 9.33. The molecule has 1 N–H and O–H groups in total. The van der Waals surface area contributed by atoms with Crippen molar-refractivity contribution in [1.82, 2.24) is 15.1 Å². The van der Waals surface area contributed by atoms with E-state index in [0.29, 0.717) is 6.54 Å². The number of fused-ring (bicyclic) bond motifs is 1. The highest BCUT2D eigenvalue weighted by Crippen LogP contribution is 2.22. The van der Waals surface area contributed by atoms with E-state index in [0.717, 1.165) is 45.7 Å². The highest BCUT2D eigenvalue weighted by atomic mass is 16.2. The number of carbonyl (C=O) groups is 1. The van der Waals surface area contributed by atoms with Gasteiger partial charge in [-0.3, -0.25) is 9.69 Å². The summed E-state index contributed by atoms with van der Waals surface area (Å²) in [5.74, 6) is 0.262. The van der Waals surface area contributed by atoms with Gasteiger partial charge in [-0.2, -0.15) is 0 Å². The lowest BCUT2D eigenvalue weighted by Crippen LogP contribution is -2.39. The maximum Gasteiger partial charge on any atom is 0.237 e. The van der Waals surface area contributed by atoms with E-state index in [1.807, 2.05) is 17.0 Å². The van der Waals surface area contributed by atoms with E-state index in [-0.39, 0.29) is 5.91 Å². The summed E-state index contributed by atoms with van der Waals surface area (Å²) in [4.78, 5) is 16.6. The zero-order valence-electron chi connectivity index (χ0n) is 11.3. The van der Waals surface area contributed by atoms with Crippen molar-refractivity contribution < 1.29 is 4.79 Å². The summed E-state index contributed by atoms with van der Waals surface area (Å²) in [5.41, 5.74) is 2.60. The fourth-order valence-corrected chi connectivity index (χ4v) is 2.86. The molecular formula is C15H21N3O. The van der Waals surface area contributed by atoms with Crippen LogP contribution in [0, 0.1) is 0 Å². The van der Waals surface area contributed by atoms with Crippen LogP contribution < -0.4 is 5.32 Å². The summed E-state index contributed by atoms with van der Waals surface area (Å²) in [6, 6.07) is 8.34. The van der Waals surface area contributed by atoms with Crippen LogP contribution in [0.3, 0.4) is 0 Å². The molecule has 2 aliphatic rings. The van der Waals surface area contributed by atoms with Gasteiger partial charge in [-0.15, -0.1) is 0 Å². The number of amides is 1. The first-order valence-corrected chi connectivity index (χ1v) is 7.10. The molecule has 0 atom stereocenters. The van der Waals surface area contributed by atoms with Gasteiger partial charge in [0.2, 0.25) is 5.91 Å². The van der Waals surface area contributed by atoms with Crippen molar-refractivity contribution in [3.05, 3.63) is 35.4 Å². The van der Waals surface area contributed by atoms with Crippen LogP contribution in [0.1, 0.15) is 17.5 Å². The highest BCUT2D eigenvalue weighted by Gasteiger charge is 2.24. The Morgan fingerprint density at radius 1 is 1.11 bits per heavy atom. The molecule has 0 aliphatic carbocycles. The van der Waals surface area contributed by atoms with Crippen molar-refractivity contribution in [2.24, 2.45) is 0 Å². The second kappa shape index (κ2) is 5.72. The van der Waals surface area contributed by atoms with Gasteiger partial charge in [0.1, 0.15) is 0 Å². The molecule has 0 aromatic heterocycles. The molecule has 1 aromatic carbocycles. The van der Waals surface area contributed by atoms with Crippen molar-refractivity contribution in [2.45, 2.75) is 19.5 Å². The van der Waals surface area contributed by atoms with Gasteiger partial charge in [-0.05, 0) is 30.6 Å². The predicted molar refractivity (Wildman–Crippen MR) is 74.6 cm³/mol. The Morgan fingerprint density at radius 3 is 2.58 bits per heavy atom. The topological polar surface area (TPSA) is 35.6 Å². The number of nitrogens with zero attached hydrogens (tertiary/aromatic N) is 2. The van der Waals surface area contributed by atoms with Crippen molar-refractivity contribution in [2.75, 3.05) is 32.7 Å². The summed E-state index contributed by atoms with van der Waals surface area (Å²) in [6.07, 6.45) is 1.13. The third-order valence-electron chi connectivity index (χ3n) is 3.99. The van der Waals surface area contributed by atoms with Crippen LogP contribution in [0.25, 0.3) is 0 Å². The van der Waals surface area contributed by atoms with E-state index >= 15 is 0 Å². The molecule has 1 saturated heterocycles. The third-order valence-corrected chi connectivity index (χ3v) is 3.99. The molecule has 1 aromatic rings. The SMILES string of the molecule is O=C(CN1CCCNCC1)N1Cc2ccccc2C1. The first kappa shape index (κ1) is 12.6. The number of hydrogen-bond donors (Lipinski definition) is 1. The minimum absolute atomic E-state index is 0.262. The molecule has 3 rings (SSSR count). The molecule has 1 fully saturated rings. The van der Waals surface area contributed by atoms with Gasteiger partial charge in [-0.1, -0.05) is 24.3 Å². The Balaban J connectivity index is 1.57. The van der Waals surface area contributed by atoms with Crippen LogP contribution in [-0.2, 0) is 17.9 Å². The average Bonchev–Trinajstić information content (AvgIpc) is 2.70. The van der Waals surface area contributed by atoms with Gasteiger partial charge >= 0.3 is 0 Å². The van der Waals surface area contributed by atoms with Gasteiger partial charge in [0.25, 0.3) is 0 Å². The van der Waals surface area contributed by atoms with Gasteiger partial charge < -0.3 is 10.2 Å². The molecule has 1 amide bonds. The Morgan fingerprint density at radius 2 is 1.84 bits per heavy atom. The Hall–Kier alpha value is -1.39. The van der Waals surface area contributed by atoms with Crippen LogP contribution >= 0.6 is 0 Å². The Bertz CT molecular complexity index is 427. The van der Waals surface area contributed by atoms with Crippen LogP contribution in [0.4, 0.5) is 0 Å². The van der Waals surface area contributed by atoms with Crippen LogP contribution in [-0.4, -0.2) is 48.4 Å². The molecule has 0 bridgehead atoms. The molecule has 4 heteroatoms. The van der Waals surface area contributed by atoms with E-state index in [1.165, 1.54) is 11.1 Å². The monoisotopic (exact) mass is 259 g/mol. The van der Waals surface area contributed by atoms with Crippen LogP contribution in [0.5, 0.6) is 0 Å². The average molecular weight is 259 g/mol. The predicted octanol–water partition coefficient (Wildman–Crippen LogP) is 0.824. The molecule has 2 heterocycles. The highest BCUT2D eigenvalue weighted by molar-refractivity contribution is 5.79. The second-order valence-electron chi connectivity index (χ2n) is 5.40. The maximum absolute atomic E-state index is 12.4. The van der Waals surface area contributed by atoms with E-state index < -0.39 is 0 Å². The van der Waals surface area contributed by atoms with Gasteiger partial charge in [0.05, 0.1) is 6.54 Å². The molecular weight excluding hydrogens is 238 g/mol. The lowest BCUT2D eigenvalue weighted by Gasteiger charge is -2.22. The minimum atomic E-state index is 0.262. The van der Waals surface area contributed by atoms with Gasteiger partial charge in [0, 0.05) is 26.2 Å². The van der Waals surface area contributed by atoms with Crippen LogP contribution in [0.15, 0.2) is 24.3 Å². The molecule has 102 valence electrons. The zero-order valence-corrected chi connectivity index (χ0v) is 11.3. The normalized spacial score (nSPS) is 20.1.